The number of anilines is 1. The van der Waals surface area contributed by atoms with E-state index in [1.54, 1.807) is 0 Å². The van der Waals surface area contributed by atoms with E-state index in [0.29, 0.717) is 28.6 Å². The van der Waals surface area contributed by atoms with Crippen LogP contribution in [0.2, 0.25) is 5.02 Å². The lowest BCUT2D eigenvalue weighted by Crippen LogP contribution is -2.41. The number of aliphatic imine (C=N–C) groups is 1. The highest BCUT2D eigenvalue weighted by molar-refractivity contribution is 6.31. The largest absolute Gasteiger partial charge is 0.481 e. The number of nitrogens with zero attached hydrogens (tertiary/aromatic N) is 2. The van der Waals surface area contributed by atoms with Gasteiger partial charge in [-0.25, -0.2) is 9.38 Å². The van der Waals surface area contributed by atoms with E-state index in [2.05, 4.69) is 36.5 Å². The molecule has 6 N–H and O–H groups in total. The molecule has 2 atom stereocenters. The van der Waals surface area contributed by atoms with Crippen molar-refractivity contribution in [3.63, 3.8) is 0 Å². The van der Waals surface area contributed by atoms with Crippen molar-refractivity contribution in [3.8, 4) is 0 Å². The molecule has 2 heterocycles. The molecule has 2 aromatic carbocycles. The summed E-state index contributed by atoms with van der Waals surface area (Å²) in [6, 6.07) is 3.91. The van der Waals surface area contributed by atoms with Crippen molar-refractivity contribution in [3.05, 3.63) is 58.2 Å². The molecule has 2 unspecified atom stereocenters. The Bertz CT molecular complexity index is 1480. The zero-order valence-electron chi connectivity index (χ0n) is 20.4. The third-order valence-corrected chi connectivity index (χ3v) is 6.18. The van der Waals surface area contributed by atoms with Crippen LogP contribution < -0.4 is 21.3 Å². The Labute approximate surface area is 228 Å². The number of carbonyl (C=O) groups is 3. The highest BCUT2D eigenvalue weighted by Crippen LogP contribution is 2.34. The number of amides is 2. The summed E-state index contributed by atoms with van der Waals surface area (Å²) in [4.78, 5) is 40.9. The molecule has 40 heavy (non-hydrogen) atoms. The van der Waals surface area contributed by atoms with Crippen molar-refractivity contribution in [1.82, 2.24) is 26.1 Å². The van der Waals surface area contributed by atoms with Crippen LogP contribution in [0.25, 0.3) is 10.9 Å². The minimum Gasteiger partial charge on any atom is -0.481 e. The molecule has 3 aromatic rings. The van der Waals surface area contributed by atoms with Crippen LogP contribution in [0.15, 0.2) is 41.5 Å². The number of rotatable bonds is 8. The Kier molecular flexibility index (Phi) is 8.42. The van der Waals surface area contributed by atoms with E-state index in [1.165, 1.54) is 18.3 Å². The molecule has 0 spiro atoms. The number of benzene rings is 2. The van der Waals surface area contributed by atoms with Crippen molar-refractivity contribution < 1.29 is 37.1 Å². The summed E-state index contributed by atoms with van der Waals surface area (Å²) in [6.07, 6.45) is -5.09. The number of alkyl halides is 4. The SMILES string of the molecule is O=C(O)CC(NC(=O)CNC(=O)c1cc(NC2=NCC(F)CN2)c2cn[nH]c2c1)c1cc(C(F)(F)F)ccc1Cl. The van der Waals surface area contributed by atoms with Gasteiger partial charge in [-0.1, -0.05) is 11.6 Å². The molecular weight excluding hydrogens is 562 g/mol. The van der Waals surface area contributed by atoms with Gasteiger partial charge in [0.2, 0.25) is 5.91 Å². The second kappa shape index (κ2) is 11.8. The fourth-order valence-electron chi connectivity index (χ4n) is 3.92. The van der Waals surface area contributed by atoms with Crippen LogP contribution in [-0.4, -0.2) is 64.9 Å². The second-order valence-corrected chi connectivity index (χ2v) is 9.19. The summed E-state index contributed by atoms with van der Waals surface area (Å²) in [6.45, 7) is -0.598. The minimum atomic E-state index is -4.72. The van der Waals surface area contributed by atoms with Gasteiger partial charge in [0.25, 0.3) is 5.91 Å². The third-order valence-electron chi connectivity index (χ3n) is 5.83. The quantitative estimate of drug-likeness (QED) is 0.222. The molecule has 0 bridgehead atoms. The van der Waals surface area contributed by atoms with Crippen molar-refractivity contribution >= 4 is 51.9 Å². The number of carbonyl (C=O) groups excluding carboxylic acids is 2. The molecule has 0 saturated carbocycles. The summed E-state index contributed by atoms with van der Waals surface area (Å²) >= 11 is 6.02. The Balaban J connectivity index is 1.47. The number of carboxylic acids is 1. The summed E-state index contributed by atoms with van der Waals surface area (Å²) in [5.41, 5.74) is -0.306. The van der Waals surface area contributed by atoms with Gasteiger partial charge < -0.3 is 26.4 Å². The predicted molar refractivity (Wildman–Crippen MR) is 137 cm³/mol. The van der Waals surface area contributed by atoms with Gasteiger partial charge in [-0.05, 0) is 35.9 Å². The van der Waals surface area contributed by atoms with E-state index < -0.39 is 54.7 Å². The number of halogens is 5. The highest BCUT2D eigenvalue weighted by Gasteiger charge is 2.32. The maximum absolute atomic E-state index is 13.4. The van der Waals surface area contributed by atoms with Gasteiger partial charge in [-0.3, -0.25) is 19.5 Å². The molecule has 11 nitrogen and oxygen atoms in total. The molecular formula is C24H22ClF4N7O4. The van der Waals surface area contributed by atoms with E-state index in [-0.39, 0.29) is 29.2 Å². The molecule has 212 valence electrons. The Morgan fingerprint density at radius 1 is 1.20 bits per heavy atom. The summed E-state index contributed by atoms with van der Waals surface area (Å²) in [5.74, 6) is -2.65. The Morgan fingerprint density at radius 3 is 2.65 bits per heavy atom. The molecule has 2 amide bonds. The molecule has 0 radical (unpaired) electrons. The number of aliphatic carboxylic acids is 1. The predicted octanol–water partition coefficient (Wildman–Crippen LogP) is 3.01. The normalized spacial score (nSPS) is 16.0. The highest BCUT2D eigenvalue weighted by atomic mass is 35.5. The third kappa shape index (κ3) is 6.97. The summed E-state index contributed by atoms with van der Waals surface area (Å²) in [7, 11) is 0. The van der Waals surface area contributed by atoms with E-state index in [0.717, 1.165) is 12.1 Å². The molecule has 1 aliphatic rings. The molecule has 1 aliphatic heterocycles. The van der Waals surface area contributed by atoms with E-state index >= 15 is 0 Å². The van der Waals surface area contributed by atoms with Gasteiger partial charge in [-0.15, -0.1) is 0 Å². The molecule has 4 rings (SSSR count). The summed E-state index contributed by atoms with van der Waals surface area (Å²) in [5, 5.41) is 26.8. The van der Waals surface area contributed by atoms with Crippen molar-refractivity contribution in [2.24, 2.45) is 4.99 Å². The number of aromatic amines is 1. The smallest absolute Gasteiger partial charge is 0.416 e. The number of hydrogen-bond donors (Lipinski definition) is 6. The van der Waals surface area contributed by atoms with Crippen LogP contribution in [0.1, 0.15) is 33.9 Å². The summed E-state index contributed by atoms with van der Waals surface area (Å²) < 4.78 is 52.9. The number of hydrogen-bond acceptors (Lipinski definition) is 7. The number of H-pyrrole nitrogens is 1. The number of nitrogens with one attached hydrogen (secondary N) is 5. The number of fused-ring (bicyclic) bond motifs is 1. The van der Waals surface area contributed by atoms with E-state index in [9.17, 15) is 37.1 Å². The van der Waals surface area contributed by atoms with Crippen LogP contribution in [-0.2, 0) is 15.8 Å². The number of guanidine groups is 1. The number of aromatic nitrogens is 2. The van der Waals surface area contributed by atoms with Gasteiger partial charge in [0.05, 0.1) is 55.1 Å². The standard InChI is InChI=1S/C24H22ClF4N7O4/c25-16-2-1-12(24(27,28)29)5-14(16)18(6-21(38)39)34-20(37)10-30-22(40)11-3-17(15-9-33-36-19(15)4-11)35-23-31-7-13(26)8-32-23/h1-5,9,13,18H,6-8,10H2,(H,30,40)(H,33,36)(H,34,37)(H,38,39)(H2,31,32,35). The first-order valence-corrected chi connectivity index (χ1v) is 12.1. The van der Waals surface area contributed by atoms with Crippen LogP contribution in [0.3, 0.4) is 0 Å². The van der Waals surface area contributed by atoms with Crippen molar-refractivity contribution in [1.29, 1.82) is 0 Å². The number of carboxylic acid groups (broad SMARTS) is 1. The second-order valence-electron chi connectivity index (χ2n) is 8.78. The average Bonchev–Trinajstić information content (AvgIpc) is 3.37. The maximum Gasteiger partial charge on any atom is 0.416 e. The molecule has 16 heteroatoms. The van der Waals surface area contributed by atoms with Gasteiger partial charge in [0.15, 0.2) is 5.96 Å². The topological polar surface area (TPSA) is 161 Å². The molecule has 1 aromatic heterocycles. The van der Waals surface area contributed by atoms with E-state index in [1.807, 2.05) is 0 Å². The zero-order valence-corrected chi connectivity index (χ0v) is 21.2. The fraction of sp³-hybridized carbons (Fsp3) is 0.292. The van der Waals surface area contributed by atoms with Crippen LogP contribution in [0.4, 0.5) is 23.2 Å². The van der Waals surface area contributed by atoms with Crippen molar-refractivity contribution in [2.45, 2.75) is 24.8 Å². The van der Waals surface area contributed by atoms with Gasteiger partial charge in [-0.2, -0.15) is 18.3 Å². The van der Waals surface area contributed by atoms with Crippen molar-refractivity contribution in [2.75, 3.05) is 25.0 Å². The van der Waals surface area contributed by atoms with Gasteiger partial charge >= 0.3 is 12.1 Å². The van der Waals surface area contributed by atoms with Crippen LogP contribution in [0.5, 0.6) is 0 Å². The lowest BCUT2D eigenvalue weighted by Gasteiger charge is -2.20. The van der Waals surface area contributed by atoms with Crippen LogP contribution >= 0.6 is 11.6 Å². The Morgan fingerprint density at radius 2 is 1.98 bits per heavy atom. The van der Waals surface area contributed by atoms with Gasteiger partial charge in [0.1, 0.15) is 6.17 Å². The minimum absolute atomic E-state index is 0.0340. The van der Waals surface area contributed by atoms with Gasteiger partial charge in [0, 0.05) is 16.0 Å². The zero-order chi connectivity index (χ0) is 29.0. The lowest BCUT2D eigenvalue weighted by atomic mass is 10.0. The average molecular weight is 584 g/mol. The first-order valence-electron chi connectivity index (χ1n) is 11.7. The molecule has 0 saturated heterocycles. The first kappa shape index (κ1) is 28.6. The first-order chi connectivity index (χ1) is 18.9. The molecule has 0 aliphatic carbocycles. The molecule has 0 fully saturated rings. The fourth-order valence-corrected chi connectivity index (χ4v) is 4.17. The monoisotopic (exact) mass is 583 g/mol. The maximum atomic E-state index is 13.4. The van der Waals surface area contributed by atoms with E-state index in [4.69, 9.17) is 11.6 Å². The lowest BCUT2D eigenvalue weighted by molar-refractivity contribution is -0.138. The Hall–Kier alpha value is -4.40. The van der Waals surface area contributed by atoms with Crippen LogP contribution in [0, 0.1) is 0 Å².